The van der Waals surface area contributed by atoms with Crippen molar-refractivity contribution in [3.8, 4) is 34.3 Å². The van der Waals surface area contributed by atoms with Crippen LogP contribution in [0.3, 0.4) is 0 Å². The molecule has 0 atom stereocenters. The lowest BCUT2D eigenvalue weighted by molar-refractivity contribution is -0.384. The standard InChI is InChI=1S/C19H14N6O3.C4H9N/c1-11-5-7-12(8-6-11)15-10-21-17(20)16(22-15)19-24-23-18(28-19)13-3-2-4-14(9-13)25(26)27;1-4-5(2)3/h2-10H,1H3,(H2,20,21);4H,1H2,2-3H3. The fraction of sp³-hybridized carbons (Fsp3) is 0.130. The molecule has 0 aliphatic heterocycles. The van der Waals surface area contributed by atoms with Crippen LogP contribution in [-0.4, -0.2) is 44.1 Å². The van der Waals surface area contributed by atoms with E-state index >= 15 is 0 Å². The van der Waals surface area contributed by atoms with Gasteiger partial charge in [-0.25, -0.2) is 9.97 Å². The molecule has 0 saturated heterocycles. The summed E-state index contributed by atoms with van der Waals surface area (Å²) in [6.45, 7) is 5.48. The summed E-state index contributed by atoms with van der Waals surface area (Å²) in [6, 6.07) is 13.7. The van der Waals surface area contributed by atoms with Gasteiger partial charge in [0.05, 0.1) is 16.8 Å². The quantitative estimate of drug-likeness (QED) is 0.351. The van der Waals surface area contributed by atoms with Crippen molar-refractivity contribution < 1.29 is 9.34 Å². The summed E-state index contributed by atoms with van der Waals surface area (Å²) in [6.07, 6.45) is 3.32. The van der Waals surface area contributed by atoms with E-state index in [2.05, 4.69) is 26.7 Å². The molecule has 2 aromatic carbocycles. The van der Waals surface area contributed by atoms with Crippen LogP contribution in [0.2, 0.25) is 0 Å². The predicted molar refractivity (Wildman–Crippen MR) is 126 cm³/mol. The average Bonchev–Trinajstić information content (AvgIpc) is 3.30. The molecule has 0 bridgehead atoms. The Hall–Kier alpha value is -4.60. The molecule has 0 aliphatic carbocycles. The third-order valence-electron chi connectivity index (χ3n) is 4.44. The van der Waals surface area contributed by atoms with Crippen molar-refractivity contribution in [2.45, 2.75) is 6.92 Å². The maximum absolute atomic E-state index is 11.0. The first-order valence-corrected chi connectivity index (χ1v) is 9.85. The monoisotopic (exact) mass is 445 g/mol. The molecular weight excluding hydrogens is 422 g/mol. The molecular formula is C23H23N7O3. The van der Waals surface area contributed by atoms with Crippen LogP contribution in [0.25, 0.3) is 34.3 Å². The number of nitrogens with two attached hydrogens (primary N) is 1. The lowest BCUT2D eigenvalue weighted by Gasteiger charge is -2.04. The van der Waals surface area contributed by atoms with Crippen molar-refractivity contribution >= 4 is 11.5 Å². The molecule has 0 radical (unpaired) electrons. The minimum absolute atomic E-state index is 0.0714. The Morgan fingerprint density at radius 3 is 2.39 bits per heavy atom. The Morgan fingerprint density at radius 1 is 1.09 bits per heavy atom. The average molecular weight is 445 g/mol. The second-order valence-electron chi connectivity index (χ2n) is 7.22. The van der Waals surface area contributed by atoms with Crippen LogP contribution in [-0.2, 0) is 0 Å². The second kappa shape index (κ2) is 10.1. The maximum atomic E-state index is 11.0. The van der Waals surface area contributed by atoms with E-state index in [1.165, 1.54) is 12.1 Å². The van der Waals surface area contributed by atoms with Crippen LogP contribution in [0.4, 0.5) is 11.5 Å². The molecule has 0 fully saturated rings. The number of anilines is 1. The first-order valence-electron chi connectivity index (χ1n) is 9.85. The normalized spacial score (nSPS) is 10.2. The molecule has 0 aliphatic rings. The summed E-state index contributed by atoms with van der Waals surface area (Å²) in [5.41, 5.74) is 9.16. The van der Waals surface area contributed by atoms with Crippen molar-refractivity contribution in [1.82, 2.24) is 25.1 Å². The highest BCUT2D eigenvalue weighted by Crippen LogP contribution is 2.29. The van der Waals surface area contributed by atoms with Gasteiger partial charge in [-0.15, -0.1) is 10.2 Å². The van der Waals surface area contributed by atoms with E-state index in [1.807, 2.05) is 50.2 Å². The summed E-state index contributed by atoms with van der Waals surface area (Å²) in [5, 5.41) is 18.9. The highest BCUT2D eigenvalue weighted by Gasteiger charge is 2.18. The lowest BCUT2D eigenvalue weighted by atomic mass is 10.1. The van der Waals surface area contributed by atoms with Crippen molar-refractivity contribution in [1.29, 1.82) is 0 Å². The van der Waals surface area contributed by atoms with Crippen molar-refractivity contribution in [2.75, 3.05) is 19.8 Å². The minimum Gasteiger partial charge on any atom is -0.414 e. The van der Waals surface area contributed by atoms with E-state index in [1.54, 1.807) is 24.5 Å². The first-order chi connectivity index (χ1) is 15.8. The van der Waals surface area contributed by atoms with Crippen LogP contribution in [0.15, 0.2) is 71.9 Å². The van der Waals surface area contributed by atoms with E-state index in [0.717, 1.165) is 11.1 Å². The molecule has 168 valence electrons. The van der Waals surface area contributed by atoms with E-state index in [-0.39, 0.29) is 29.0 Å². The molecule has 0 amide bonds. The zero-order valence-corrected chi connectivity index (χ0v) is 18.5. The molecule has 4 rings (SSSR count). The first kappa shape index (κ1) is 23.1. The molecule has 0 unspecified atom stereocenters. The Kier molecular flexibility index (Phi) is 7.09. The Bertz CT molecular complexity index is 1270. The largest absolute Gasteiger partial charge is 0.414 e. The molecule has 10 nitrogen and oxygen atoms in total. The molecule has 4 aromatic rings. The van der Waals surface area contributed by atoms with Gasteiger partial charge in [-0.1, -0.05) is 42.5 Å². The molecule has 2 heterocycles. The Balaban J connectivity index is 0.000000555. The number of non-ortho nitro benzene ring substituents is 1. The number of hydrogen-bond acceptors (Lipinski definition) is 9. The van der Waals surface area contributed by atoms with Gasteiger partial charge in [0.25, 0.3) is 11.6 Å². The smallest absolute Gasteiger partial charge is 0.270 e. The Labute approximate surface area is 190 Å². The summed E-state index contributed by atoms with van der Waals surface area (Å²) in [5.74, 6) is 0.353. The van der Waals surface area contributed by atoms with E-state index in [4.69, 9.17) is 10.2 Å². The fourth-order valence-electron chi connectivity index (χ4n) is 2.61. The number of rotatable bonds is 5. The lowest BCUT2D eigenvalue weighted by Crippen LogP contribution is -1.99. The summed E-state index contributed by atoms with van der Waals surface area (Å²) in [4.78, 5) is 21.0. The highest BCUT2D eigenvalue weighted by molar-refractivity contribution is 5.69. The van der Waals surface area contributed by atoms with Gasteiger partial charge in [0.15, 0.2) is 11.5 Å². The topological polar surface area (TPSA) is 137 Å². The number of nitrogens with zero attached hydrogens (tertiary/aromatic N) is 6. The number of hydrogen-bond donors (Lipinski definition) is 1. The summed E-state index contributed by atoms with van der Waals surface area (Å²) >= 11 is 0. The molecule has 33 heavy (non-hydrogen) atoms. The number of nitro benzene ring substituents is 1. The van der Waals surface area contributed by atoms with Crippen molar-refractivity contribution in [3.05, 3.63) is 83.2 Å². The molecule has 2 N–H and O–H groups in total. The van der Waals surface area contributed by atoms with Crippen LogP contribution in [0, 0.1) is 17.0 Å². The predicted octanol–water partition coefficient (Wildman–Crippen LogP) is 4.35. The SMILES string of the molecule is C=CN(C)C.Cc1ccc(-c2cnc(N)c(-c3nnc(-c4cccc([N+](=O)[O-])c4)o3)n2)cc1. The third-order valence-corrected chi connectivity index (χ3v) is 4.44. The van der Waals surface area contributed by atoms with Crippen molar-refractivity contribution in [3.63, 3.8) is 0 Å². The van der Waals surface area contributed by atoms with Gasteiger partial charge in [0.1, 0.15) is 0 Å². The van der Waals surface area contributed by atoms with Crippen LogP contribution >= 0.6 is 0 Å². The van der Waals surface area contributed by atoms with Gasteiger partial charge in [-0.2, -0.15) is 0 Å². The number of benzene rings is 2. The van der Waals surface area contributed by atoms with Crippen LogP contribution in [0.5, 0.6) is 0 Å². The maximum Gasteiger partial charge on any atom is 0.270 e. The van der Waals surface area contributed by atoms with Gasteiger partial charge in [-0.3, -0.25) is 10.1 Å². The van der Waals surface area contributed by atoms with Gasteiger partial charge in [0.2, 0.25) is 5.89 Å². The third kappa shape index (κ3) is 5.76. The summed E-state index contributed by atoms with van der Waals surface area (Å²) in [7, 11) is 3.88. The minimum atomic E-state index is -0.491. The fourth-order valence-corrected chi connectivity index (χ4v) is 2.61. The van der Waals surface area contributed by atoms with E-state index in [9.17, 15) is 10.1 Å². The van der Waals surface area contributed by atoms with Gasteiger partial charge >= 0.3 is 0 Å². The van der Waals surface area contributed by atoms with Gasteiger partial charge < -0.3 is 15.1 Å². The molecule has 0 spiro atoms. The van der Waals surface area contributed by atoms with E-state index < -0.39 is 4.92 Å². The van der Waals surface area contributed by atoms with Crippen LogP contribution < -0.4 is 5.73 Å². The number of aryl methyl sites for hydroxylation is 1. The molecule has 2 aromatic heterocycles. The number of nitrogen functional groups attached to an aromatic ring is 1. The Morgan fingerprint density at radius 2 is 1.76 bits per heavy atom. The van der Waals surface area contributed by atoms with Crippen LogP contribution in [0.1, 0.15) is 5.56 Å². The number of nitro groups is 1. The zero-order valence-electron chi connectivity index (χ0n) is 18.5. The van der Waals surface area contributed by atoms with Gasteiger partial charge in [-0.05, 0) is 19.2 Å². The second-order valence-corrected chi connectivity index (χ2v) is 7.22. The molecule has 0 saturated carbocycles. The highest BCUT2D eigenvalue weighted by atomic mass is 16.6. The van der Waals surface area contributed by atoms with E-state index in [0.29, 0.717) is 11.3 Å². The van der Waals surface area contributed by atoms with Crippen molar-refractivity contribution in [2.24, 2.45) is 0 Å². The summed E-state index contributed by atoms with van der Waals surface area (Å²) < 4.78 is 5.65. The van der Waals surface area contributed by atoms with Gasteiger partial charge in [0, 0.05) is 37.4 Å². The zero-order chi connectivity index (χ0) is 24.0. The molecule has 10 heteroatoms. The number of aromatic nitrogens is 4.